The Hall–Kier alpha value is -2.65. The summed E-state index contributed by atoms with van der Waals surface area (Å²) in [5.41, 5.74) is -0.688. The van der Waals surface area contributed by atoms with Crippen LogP contribution in [0.5, 0.6) is 5.75 Å². The van der Waals surface area contributed by atoms with Gasteiger partial charge in [-0.1, -0.05) is 29.5 Å². The summed E-state index contributed by atoms with van der Waals surface area (Å²) in [6.07, 6.45) is 0.0475. The Labute approximate surface area is 194 Å². The molecule has 0 aromatic heterocycles. The van der Waals surface area contributed by atoms with Crippen LogP contribution >= 0.6 is 23.4 Å². The van der Waals surface area contributed by atoms with Crippen LogP contribution in [0, 0.1) is 13.8 Å². The van der Waals surface area contributed by atoms with Gasteiger partial charge in [0.05, 0.1) is 5.69 Å². The minimum atomic E-state index is -3.81. The van der Waals surface area contributed by atoms with Gasteiger partial charge >= 0.3 is 5.57 Å². The van der Waals surface area contributed by atoms with Crippen molar-refractivity contribution in [1.82, 2.24) is 4.90 Å². The smallest absolute Gasteiger partial charge is 0.420 e. The quantitative estimate of drug-likeness (QED) is 0.557. The molecule has 1 aliphatic heterocycles. The van der Waals surface area contributed by atoms with Crippen molar-refractivity contribution < 1.29 is 23.1 Å². The van der Waals surface area contributed by atoms with Crippen LogP contribution in [0.15, 0.2) is 47.5 Å². The normalized spacial score (nSPS) is 18.1. The zero-order valence-electron chi connectivity index (χ0n) is 17.7. The van der Waals surface area contributed by atoms with Gasteiger partial charge in [0.1, 0.15) is 11.0 Å². The third-order valence-corrected chi connectivity index (χ3v) is 5.95. The van der Waals surface area contributed by atoms with E-state index < -0.39 is 10.8 Å². The second kappa shape index (κ2) is 9.87. The number of carbonyl (C=O) groups excluding carboxylic acids is 2. The third-order valence-electron chi connectivity index (χ3n) is 4.68. The number of amides is 2. The zero-order chi connectivity index (χ0) is 23.5. The molecule has 32 heavy (non-hydrogen) atoms. The van der Waals surface area contributed by atoms with Crippen LogP contribution in [0.2, 0.25) is 0 Å². The molecule has 2 aromatic rings. The van der Waals surface area contributed by atoms with Gasteiger partial charge in [0, 0.05) is 30.3 Å². The molecule has 1 N–H and O–H groups in total. The van der Waals surface area contributed by atoms with E-state index in [0.29, 0.717) is 23.1 Å². The second-order valence-electron chi connectivity index (χ2n) is 7.19. The van der Waals surface area contributed by atoms with Gasteiger partial charge in [-0.15, -0.1) is 8.78 Å². The molecule has 0 bridgehead atoms. The third kappa shape index (κ3) is 6.20. The lowest BCUT2D eigenvalue weighted by atomic mass is 10.1. The molecule has 3 rings (SSSR count). The number of carbonyl (C=O) groups is 2. The number of hydrogen-bond acceptors (Lipinski definition) is 5. The van der Waals surface area contributed by atoms with Gasteiger partial charge in [-0.05, 0) is 56.7 Å². The van der Waals surface area contributed by atoms with Gasteiger partial charge < -0.3 is 10.1 Å². The SMILES string of the molecule is CCN1C(=O)C[C@H](C(=O)Nc2ccc(C)cc2C)SC1=Nc1ccc(OC(F)(F)Cl)cc1. The second-order valence-corrected chi connectivity index (χ2v) is 8.80. The van der Waals surface area contributed by atoms with Crippen molar-refractivity contribution in [3.63, 3.8) is 0 Å². The number of aryl methyl sites for hydroxylation is 2. The minimum Gasteiger partial charge on any atom is -0.420 e. The highest BCUT2D eigenvalue weighted by atomic mass is 35.5. The molecular formula is C22H22ClF2N3O3S. The monoisotopic (exact) mass is 481 g/mol. The Balaban J connectivity index is 1.78. The molecule has 170 valence electrons. The standard InChI is InChI=1S/C22H22ClF2N3O3S/c1-4-28-19(29)12-18(20(30)27-17-10-5-13(2)11-14(17)3)32-21(28)26-15-6-8-16(9-7-15)31-22(23,24)25/h5-11,18H,4,12H2,1-3H3,(H,27,30)/t18-/m1/s1. The number of rotatable bonds is 6. The number of thioether (sulfide) groups is 1. The largest absolute Gasteiger partial charge is 0.487 e. The Bertz CT molecular complexity index is 1040. The van der Waals surface area contributed by atoms with Crippen LogP contribution in [-0.2, 0) is 9.59 Å². The van der Waals surface area contributed by atoms with Crippen molar-refractivity contribution in [1.29, 1.82) is 0 Å². The van der Waals surface area contributed by atoms with E-state index in [1.807, 2.05) is 39.0 Å². The van der Waals surface area contributed by atoms with Gasteiger partial charge in [0.15, 0.2) is 5.17 Å². The van der Waals surface area contributed by atoms with E-state index in [2.05, 4.69) is 15.0 Å². The zero-order valence-corrected chi connectivity index (χ0v) is 19.3. The van der Waals surface area contributed by atoms with Crippen molar-refractivity contribution in [2.24, 2.45) is 4.99 Å². The fourth-order valence-electron chi connectivity index (χ4n) is 3.15. The number of halogens is 3. The van der Waals surface area contributed by atoms with Gasteiger partial charge in [-0.2, -0.15) is 0 Å². The van der Waals surface area contributed by atoms with Crippen LogP contribution in [0.3, 0.4) is 0 Å². The lowest BCUT2D eigenvalue weighted by molar-refractivity contribution is -0.129. The lowest BCUT2D eigenvalue weighted by Crippen LogP contribution is -2.45. The summed E-state index contributed by atoms with van der Waals surface area (Å²) in [5, 5.41) is 2.60. The lowest BCUT2D eigenvalue weighted by Gasteiger charge is -2.31. The maximum absolute atomic E-state index is 12.9. The first-order valence-corrected chi connectivity index (χ1v) is 11.1. The van der Waals surface area contributed by atoms with Crippen molar-refractivity contribution >= 4 is 51.7 Å². The molecule has 0 spiro atoms. The first-order valence-electron chi connectivity index (χ1n) is 9.85. The molecule has 0 aliphatic carbocycles. The van der Waals surface area contributed by atoms with Crippen molar-refractivity contribution in [2.45, 2.75) is 38.0 Å². The number of ether oxygens (including phenoxy) is 1. The maximum atomic E-state index is 12.9. The number of nitrogens with zero attached hydrogens (tertiary/aromatic N) is 2. The molecule has 0 radical (unpaired) electrons. The van der Waals surface area contributed by atoms with Crippen LogP contribution in [0.25, 0.3) is 0 Å². The van der Waals surface area contributed by atoms with Crippen molar-refractivity contribution in [3.05, 3.63) is 53.6 Å². The Kier molecular flexibility index (Phi) is 7.40. The van der Waals surface area contributed by atoms with E-state index >= 15 is 0 Å². The predicted molar refractivity (Wildman–Crippen MR) is 123 cm³/mol. The van der Waals surface area contributed by atoms with Crippen LogP contribution in [0.4, 0.5) is 20.2 Å². The number of benzene rings is 2. The Morgan fingerprint density at radius 3 is 2.56 bits per heavy atom. The summed E-state index contributed by atoms with van der Waals surface area (Å²) in [6.45, 7) is 6.07. The van der Waals surface area contributed by atoms with E-state index in [1.54, 1.807) is 0 Å². The highest BCUT2D eigenvalue weighted by Gasteiger charge is 2.35. The first-order chi connectivity index (χ1) is 15.1. The minimum absolute atomic E-state index is 0.0475. The highest BCUT2D eigenvalue weighted by Crippen LogP contribution is 2.31. The summed E-state index contributed by atoms with van der Waals surface area (Å²) in [4.78, 5) is 31.5. The van der Waals surface area contributed by atoms with E-state index in [9.17, 15) is 18.4 Å². The molecule has 0 unspecified atom stereocenters. The summed E-state index contributed by atoms with van der Waals surface area (Å²) in [6, 6.07) is 11.2. The van der Waals surface area contributed by atoms with Gasteiger partial charge in [-0.25, -0.2) is 4.99 Å². The number of alkyl halides is 3. The Morgan fingerprint density at radius 1 is 1.28 bits per heavy atom. The van der Waals surface area contributed by atoms with E-state index in [1.165, 1.54) is 40.9 Å². The molecule has 2 amide bonds. The fourth-order valence-corrected chi connectivity index (χ4v) is 4.40. The van der Waals surface area contributed by atoms with E-state index in [0.717, 1.165) is 11.1 Å². The summed E-state index contributed by atoms with van der Waals surface area (Å²) in [5.74, 6) is -0.626. The topological polar surface area (TPSA) is 71.0 Å². The predicted octanol–water partition coefficient (Wildman–Crippen LogP) is 5.45. The molecule has 1 saturated heterocycles. The number of aliphatic imine (C=N–C) groups is 1. The highest BCUT2D eigenvalue weighted by molar-refractivity contribution is 8.15. The summed E-state index contributed by atoms with van der Waals surface area (Å²) >= 11 is 5.95. The van der Waals surface area contributed by atoms with Crippen molar-refractivity contribution in [2.75, 3.05) is 11.9 Å². The number of amidine groups is 1. The molecule has 10 heteroatoms. The van der Waals surface area contributed by atoms with Gasteiger partial charge in [0.2, 0.25) is 11.8 Å². The van der Waals surface area contributed by atoms with E-state index in [4.69, 9.17) is 11.6 Å². The number of anilines is 1. The average Bonchev–Trinajstić information content (AvgIpc) is 2.70. The molecule has 1 heterocycles. The molecule has 1 aliphatic rings. The van der Waals surface area contributed by atoms with Crippen LogP contribution < -0.4 is 10.1 Å². The number of hydrogen-bond donors (Lipinski definition) is 1. The van der Waals surface area contributed by atoms with Gasteiger partial charge in [0.25, 0.3) is 0 Å². The summed E-state index contributed by atoms with van der Waals surface area (Å²) in [7, 11) is 0. The molecular weight excluding hydrogens is 460 g/mol. The maximum Gasteiger partial charge on any atom is 0.487 e. The van der Waals surface area contributed by atoms with Gasteiger partial charge in [-0.3, -0.25) is 14.5 Å². The Morgan fingerprint density at radius 2 is 1.97 bits per heavy atom. The molecule has 2 aromatic carbocycles. The van der Waals surface area contributed by atoms with Crippen LogP contribution in [0.1, 0.15) is 24.5 Å². The van der Waals surface area contributed by atoms with Crippen molar-refractivity contribution in [3.8, 4) is 5.75 Å². The fraction of sp³-hybridized carbons (Fsp3) is 0.318. The molecule has 1 fully saturated rings. The molecule has 0 saturated carbocycles. The molecule has 6 nitrogen and oxygen atoms in total. The molecule has 1 atom stereocenters. The summed E-state index contributed by atoms with van der Waals surface area (Å²) < 4.78 is 29.8. The first kappa shape index (κ1) is 24.0. The van der Waals surface area contributed by atoms with Crippen LogP contribution in [-0.4, -0.2) is 39.2 Å². The number of nitrogens with one attached hydrogen (secondary N) is 1. The van der Waals surface area contributed by atoms with E-state index in [-0.39, 0.29) is 24.0 Å². The average molecular weight is 482 g/mol.